The molecule has 1 aliphatic carbocycles. The van der Waals surface area contributed by atoms with Crippen LogP contribution in [0.25, 0.3) is 0 Å². The Labute approximate surface area is 76.9 Å². The highest BCUT2D eigenvalue weighted by molar-refractivity contribution is 4.94. The van der Waals surface area contributed by atoms with E-state index in [0.717, 1.165) is 25.0 Å². The van der Waals surface area contributed by atoms with Gasteiger partial charge in [0.05, 0.1) is 18.8 Å². The van der Waals surface area contributed by atoms with Gasteiger partial charge in [0.2, 0.25) is 0 Å². The van der Waals surface area contributed by atoms with Gasteiger partial charge in [-0.1, -0.05) is 5.16 Å². The van der Waals surface area contributed by atoms with Gasteiger partial charge in [0.15, 0.2) is 0 Å². The average Bonchev–Trinajstić information content (AvgIpc) is 2.72. The summed E-state index contributed by atoms with van der Waals surface area (Å²) < 4.78 is 4.93. The molecule has 2 atom stereocenters. The molecule has 13 heavy (non-hydrogen) atoms. The Morgan fingerprint density at radius 3 is 3.15 bits per heavy atom. The molecule has 1 heterocycles. The molecule has 1 aliphatic rings. The minimum atomic E-state index is -0.192. The first-order valence-electron chi connectivity index (χ1n) is 4.67. The van der Waals surface area contributed by atoms with Crippen molar-refractivity contribution in [3.05, 3.63) is 18.0 Å². The van der Waals surface area contributed by atoms with Gasteiger partial charge in [0.25, 0.3) is 0 Å². The molecule has 0 saturated heterocycles. The fourth-order valence-electron chi connectivity index (χ4n) is 1.74. The fourth-order valence-corrected chi connectivity index (χ4v) is 1.74. The fraction of sp³-hybridized carbons (Fsp3) is 0.667. The molecule has 2 N–H and O–H groups in total. The number of aliphatic hydroxyl groups is 1. The van der Waals surface area contributed by atoms with Gasteiger partial charge < -0.3 is 14.9 Å². The molecule has 0 aliphatic heterocycles. The van der Waals surface area contributed by atoms with Gasteiger partial charge in [-0.25, -0.2) is 0 Å². The highest BCUT2D eigenvalue weighted by Gasteiger charge is 2.24. The Morgan fingerprint density at radius 2 is 2.54 bits per heavy atom. The van der Waals surface area contributed by atoms with E-state index < -0.39 is 0 Å². The molecule has 0 unspecified atom stereocenters. The van der Waals surface area contributed by atoms with Gasteiger partial charge in [-0.05, 0) is 19.3 Å². The first-order valence-corrected chi connectivity index (χ1v) is 4.67. The van der Waals surface area contributed by atoms with Crippen LogP contribution in [0.5, 0.6) is 0 Å². The van der Waals surface area contributed by atoms with E-state index in [4.69, 9.17) is 4.52 Å². The third-order valence-corrected chi connectivity index (χ3v) is 2.51. The van der Waals surface area contributed by atoms with E-state index in [-0.39, 0.29) is 12.1 Å². The lowest BCUT2D eigenvalue weighted by atomic mass is 10.2. The standard InChI is InChI=1S/C9H14N2O2/c12-9-3-1-2-8(9)10-6-7-4-5-11-13-7/h4-5,8-10,12H,1-3,6H2/t8-,9-/m1/s1. The highest BCUT2D eigenvalue weighted by atomic mass is 16.5. The Morgan fingerprint density at radius 1 is 1.62 bits per heavy atom. The summed E-state index contributed by atoms with van der Waals surface area (Å²) in [6.45, 7) is 0.654. The van der Waals surface area contributed by atoms with Crippen LogP contribution in [0.15, 0.2) is 16.8 Å². The van der Waals surface area contributed by atoms with Crippen molar-refractivity contribution in [2.45, 2.75) is 38.0 Å². The van der Waals surface area contributed by atoms with E-state index in [0.29, 0.717) is 6.54 Å². The van der Waals surface area contributed by atoms with Crippen molar-refractivity contribution in [2.75, 3.05) is 0 Å². The van der Waals surface area contributed by atoms with Crippen LogP contribution in [-0.2, 0) is 6.54 Å². The van der Waals surface area contributed by atoms with Crippen molar-refractivity contribution >= 4 is 0 Å². The summed E-state index contributed by atoms with van der Waals surface area (Å²) in [6.07, 6.45) is 4.50. The molecule has 0 spiro atoms. The van der Waals surface area contributed by atoms with Gasteiger partial charge in [0.1, 0.15) is 5.76 Å². The summed E-state index contributed by atoms with van der Waals surface area (Å²) in [5.41, 5.74) is 0. The summed E-state index contributed by atoms with van der Waals surface area (Å²) in [7, 11) is 0. The molecule has 1 aromatic rings. The van der Waals surface area contributed by atoms with Gasteiger partial charge in [-0.15, -0.1) is 0 Å². The first-order chi connectivity index (χ1) is 6.36. The van der Waals surface area contributed by atoms with Crippen molar-refractivity contribution in [2.24, 2.45) is 0 Å². The molecule has 0 radical (unpaired) electrons. The molecule has 4 heteroatoms. The van der Waals surface area contributed by atoms with E-state index in [2.05, 4.69) is 10.5 Å². The van der Waals surface area contributed by atoms with Crippen molar-refractivity contribution in [3.8, 4) is 0 Å². The molecule has 4 nitrogen and oxygen atoms in total. The molecule has 1 fully saturated rings. The third kappa shape index (κ3) is 2.08. The van der Waals surface area contributed by atoms with E-state index >= 15 is 0 Å². The average molecular weight is 182 g/mol. The van der Waals surface area contributed by atoms with Crippen LogP contribution in [0.4, 0.5) is 0 Å². The van der Waals surface area contributed by atoms with Gasteiger partial charge in [0, 0.05) is 12.1 Å². The van der Waals surface area contributed by atoms with Gasteiger partial charge >= 0.3 is 0 Å². The number of aromatic nitrogens is 1. The molecule has 0 amide bonds. The van der Waals surface area contributed by atoms with Crippen LogP contribution in [-0.4, -0.2) is 22.4 Å². The minimum Gasteiger partial charge on any atom is -0.392 e. The van der Waals surface area contributed by atoms with E-state index in [1.807, 2.05) is 6.07 Å². The molecule has 0 aromatic carbocycles. The smallest absolute Gasteiger partial charge is 0.150 e. The summed E-state index contributed by atoms with van der Waals surface area (Å²) in [5.74, 6) is 0.819. The first kappa shape index (κ1) is 8.72. The van der Waals surface area contributed by atoms with Gasteiger partial charge in [-0.3, -0.25) is 0 Å². The summed E-state index contributed by atoms with van der Waals surface area (Å²) in [6, 6.07) is 2.05. The number of hydrogen-bond acceptors (Lipinski definition) is 4. The molecule has 1 aromatic heterocycles. The predicted molar refractivity (Wildman–Crippen MR) is 47.0 cm³/mol. The predicted octanol–water partition coefficient (Wildman–Crippen LogP) is 0.678. The third-order valence-electron chi connectivity index (χ3n) is 2.51. The topological polar surface area (TPSA) is 58.3 Å². The lowest BCUT2D eigenvalue weighted by Crippen LogP contribution is -2.34. The van der Waals surface area contributed by atoms with Crippen molar-refractivity contribution in [1.29, 1.82) is 0 Å². The Hall–Kier alpha value is -0.870. The van der Waals surface area contributed by atoms with Gasteiger partial charge in [-0.2, -0.15) is 0 Å². The summed E-state index contributed by atoms with van der Waals surface area (Å²) in [5, 5.41) is 16.4. The Balaban J connectivity index is 1.79. The molecule has 72 valence electrons. The zero-order chi connectivity index (χ0) is 9.10. The van der Waals surface area contributed by atoms with Crippen molar-refractivity contribution < 1.29 is 9.63 Å². The summed E-state index contributed by atoms with van der Waals surface area (Å²) in [4.78, 5) is 0. The second-order valence-electron chi connectivity index (χ2n) is 3.46. The minimum absolute atomic E-state index is 0.192. The maximum atomic E-state index is 9.51. The van der Waals surface area contributed by atoms with Crippen LogP contribution >= 0.6 is 0 Å². The largest absolute Gasteiger partial charge is 0.392 e. The number of nitrogens with one attached hydrogen (secondary N) is 1. The number of rotatable bonds is 3. The number of nitrogens with zero attached hydrogens (tertiary/aromatic N) is 1. The van der Waals surface area contributed by atoms with Crippen molar-refractivity contribution in [1.82, 2.24) is 10.5 Å². The quantitative estimate of drug-likeness (QED) is 0.721. The van der Waals surface area contributed by atoms with Crippen LogP contribution < -0.4 is 5.32 Å². The van der Waals surface area contributed by atoms with Crippen LogP contribution in [0.2, 0.25) is 0 Å². The SMILES string of the molecule is O[C@@H]1CCC[C@H]1NCc1ccno1. The molecule has 2 rings (SSSR count). The van der Waals surface area contributed by atoms with Crippen LogP contribution in [0.3, 0.4) is 0 Å². The second-order valence-corrected chi connectivity index (χ2v) is 3.46. The monoisotopic (exact) mass is 182 g/mol. The maximum absolute atomic E-state index is 9.51. The van der Waals surface area contributed by atoms with Crippen LogP contribution in [0, 0.1) is 0 Å². The highest BCUT2D eigenvalue weighted by Crippen LogP contribution is 2.18. The Kier molecular flexibility index (Phi) is 2.61. The molecular formula is C9H14N2O2. The number of hydrogen-bond donors (Lipinski definition) is 2. The zero-order valence-corrected chi connectivity index (χ0v) is 7.44. The lowest BCUT2D eigenvalue weighted by molar-refractivity contribution is 0.147. The lowest BCUT2D eigenvalue weighted by Gasteiger charge is -2.14. The second kappa shape index (κ2) is 3.89. The number of aliphatic hydroxyl groups excluding tert-OH is 1. The Bertz CT molecular complexity index is 248. The van der Waals surface area contributed by atoms with E-state index in [9.17, 15) is 5.11 Å². The normalized spacial score (nSPS) is 28.1. The van der Waals surface area contributed by atoms with Crippen LogP contribution in [0.1, 0.15) is 25.0 Å². The zero-order valence-electron chi connectivity index (χ0n) is 7.44. The van der Waals surface area contributed by atoms with E-state index in [1.165, 1.54) is 0 Å². The summed E-state index contributed by atoms with van der Waals surface area (Å²) >= 11 is 0. The molecule has 0 bridgehead atoms. The molecule has 1 saturated carbocycles. The van der Waals surface area contributed by atoms with Crippen molar-refractivity contribution in [3.63, 3.8) is 0 Å². The molecular weight excluding hydrogens is 168 g/mol. The van der Waals surface area contributed by atoms with E-state index in [1.54, 1.807) is 6.20 Å². The maximum Gasteiger partial charge on any atom is 0.150 e.